The number of primary amides is 1. The Morgan fingerprint density at radius 2 is 2.27 bits per heavy atom. The van der Waals surface area contributed by atoms with Crippen LogP contribution in [-0.4, -0.2) is 22.6 Å². The molecular weight excluding hydrogens is 196 g/mol. The van der Waals surface area contributed by atoms with E-state index in [4.69, 9.17) is 10.3 Å². The van der Waals surface area contributed by atoms with Crippen LogP contribution in [0.5, 0.6) is 0 Å². The van der Waals surface area contributed by atoms with Crippen molar-refractivity contribution in [2.24, 2.45) is 5.73 Å². The number of nitrogens with two attached hydrogens (primary N) is 1. The second-order valence-electron chi connectivity index (χ2n) is 3.81. The predicted molar refractivity (Wildman–Crippen MR) is 53.9 cm³/mol. The number of aryl methyl sites for hydroxylation is 1. The summed E-state index contributed by atoms with van der Waals surface area (Å²) in [5.41, 5.74) is 4.52. The molecular formula is C9H16N4O2. The fourth-order valence-electron chi connectivity index (χ4n) is 1.04. The standard InChI is InChI=1S/C9H16N4O2/c1-4-7-12-8(13-15-7)9(2,3)11-5-6(10)14/h11H,4-5H2,1-3H3,(H2,10,14). The number of amides is 1. The molecule has 1 amide bonds. The van der Waals surface area contributed by atoms with Gasteiger partial charge < -0.3 is 10.3 Å². The summed E-state index contributed by atoms with van der Waals surface area (Å²) in [6, 6.07) is 0. The molecule has 0 aliphatic heterocycles. The summed E-state index contributed by atoms with van der Waals surface area (Å²) in [7, 11) is 0. The van der Waals surface area contributed by atoms with Crippen molar-refractivity contribution in [2.75, 3.05) is 6.54 Å². The van der Waals surface area contributed by atoms with E-state index in [0.717, 1.165) is 0 Å². The van der Waals surface area contributed by atoms with Crippen molar-refractivity contribution < 1.29 is 9.32 Å². The molecule has 6 nitrogen and oxygen atoms in total. The van der Waals surface area contributed by atoms with Crippen LogP contribution in [0.15, 0.2) is 4.52 Å². The van der Waals surface area contributed by atoms with Crippen LogP contribution in [0.4, 0.5) is 0 Å². The van der Waals surface area contributed by atoms with Crippen LogP contribution >= 0.6 is 0 Å². The Labute approximate surface area is 88.2 Å². The molecule has 0 radical (unpaired) electrons. The molecule has 1 aromatic rings. The van der Waals surface area contributed by atoms with Crippen LogP contribution in [-0.2, 0) is 16.8 Å². The topological polar surface area (TPSA) is 94.0 Å². The van der Waals surface area contributed by atoms with Gasteiger partial charge >= 0.3 is 0 Å². The van der Waals surface area contributed by atoms with E-state index in [1.54, 1.807) is 0 Å². The Bertz CT molecular complexity index is 346. The molecule has 0 aromatic carbocycles. The molecule has 0 fully saturated rings. The molecule has 15 heavy (non-hydrogen) atoms. The highest BCUT2D eigenvalue weighted by molar-refractivity contribution is 5.75. The van der Waals surface area contributed by atoms with E-state index in [1.807, 2.05) is 20.8 Å². The number of hydrogen-bond donors (Lipinski definition) is 2. The van der Waals surface area contributed by atoms with Gasteiger partial charge in [-0.05, 0) is 13.8 Å². The van der Waals surface area contributed by atoms with E-state index < -0.39 is 11.4 Å². The van der Waals surface area contributed by atoms with Crippen LogP contribution in [0.3, 0.4) is 0 Å². The summed E-state index contributed by atoms with van der Waals surface area (Å²) in [5, 5.41) is 6.79. The van der Waals surface area contributed by atoms with Crippen molar-refractivity contribution in [3.05, 3.63) is 11.7 Å². The zero-order chi connectivity index (χ0) is 11.5. The molecule has 0 aliphatic carbocycles. The van der Waals surface area contributed by atoms with Gasteiger partial charge in [-0.2, -0.15) is 4.98 Å². The molecule has 6 heteroatoms. The van der Waals surface area contributed by atoms with Crippen molar-refractivity contribution >= 4 is 5.91 Å². The summed E-state index contributed by atoms with van der Waals surface area (Å²) < 4.78 is 4.99. The smallest absolute Gasteiger partial charge is 0.231 e. The van der Waals surface area contributed by atoms with E-state index in [-0.39, 0.29) is 6.54 Å². The van der Waals surface area contributed by atoms with Gasteiger partial charge in [0.25, 0.3) is 0 Å². The van der Waals surface area contributed by atoms with Crippen molar-refractivity contribution in [2.45, 2.75) is 32.7 Å². The molecule has 1 aromatic heterocycles. The largest absolute Gasteiger partial charge is 0.369 e. The van der Waals surface area contributed by atoms with E-state index in [1.165, 1.54) is 0 Å². The van der Waals surface area contributed by atoms with Gasteiger partial charge in [0.05, 0.1) is 12.1 Å². The Morgan fingerprint density at radius 3 is 2.73 bits per heavy atom. The Morgan fingerprint density at radius 1 is 1.60 bits per heavy atom. The second-order valence-corrected chi connectivity index (χ2v) is 3.81. The van der Waals surface area contributed by atoms with Gasteiger partial charge in [-0.15, -0.1) is 0 Å². The molecule has 0 saturated carbocycles. The van der Waals surface area contributed by atoms with E-state index in [2.05, 4.69) is 15.5 Å². The Kier molecular flexibility index (Phi) is 3.41. The lowest BCUT2D eigenvalue weighted by Crippen LogP contribution is -2.42. The van der Waals surface area contributed by atoms with Crippen molar-refractivity contribution in [1.82, 2.24) is 15.5 Å². The minimum atomic E-state index is -0.522. The molecule has 0 atom stereocenters. The first-order chi connectivity index (χ1) is 6.95. The van der Waals surface area contributed by atoms with E-state index in [0.29, 0.717) is 18.1 Å². The normalized spacial score (nSPS) is 11.7. The van der Waals surface area contributed by atoms with Gasteiger partial charge in [-0.1, -0.05) is 12.1 Å². The highest BCUT2D eigenvalue weighted by Crippen LogP contribution is 2.16. The monoisotopic (exact) mass is 212 g/mol. The maximum atomic E-state index is 10.6. The summed E-state index contributed by atoms with van der Waals surface area (Å²) >= 11 is 0. The van der Waals surface area contributed by atoms with Gasteiger partial charge in [-0.25, -0.2) is 0 Å². The average Bonchev–Trinajstić information content (AvgIpc) is 2.63. The molecule has 84 valence electrons. The summed E-state index contributed by atoms with van der Waals surface area (Å²) in [6.07, 6.45) is 0.693. The average molecular weight is 212 g/mol. The lowest BCUT2D eigenvalue weighted by Gasteiger charge is -2.21. The number of nitrogens with zero attached hydrogens (tertiary/aromatic N) is 2. The van der Waals surface area contributed by atoms with Crippen molar-refractivity contribution in [1.29, 1.82) is 0 Å². The van der Waals surface area contributed by atoms with Gasteiger partial charge in [-0.3, -0.25) is 10.1 Å². The first-order valence-corrected chi connectivity index (χ1v) is 4.82. The van der Waals surface area contributed by atoms with Crippen LogP contribution in [0.1, 0.15) is 32.5 Å². The fraction of sp³-hybridized carbons (Fsp3) is 0.667. The third-order valence-electron chi connectivity index (χ3n) is 2.03. The number of rotatable bonds is 5. The van der Waals surface area contributed by atoms with Crippen LogP contribution in [0.2, 0.25) is 0 Å². The number of aromatic nitrogens is 2. The molecule has 0 spiro atoms. The molecule has 1 heterocycles. The highest BCUT2D eigenvalue weighted by atomic mass is 16.5. The molecule has 0 saturated heterocycles. The van der Waals surface area contributed by atoms with Crippen LogP contribution in [0.25, 0.3) is 0 Å². The minimum absolute atomic E-state index is 0.0863. The summed E-state index contributed by atoms with van der Waals surface area (Å²) in [5.74, 6) is 0.696. The van der Waals surface area contributed by atoms with Crippen LogP contribution in [0, 0.1) is 0 Å². The molecule has 0 unspecified atom stereocenters. The maximum absolute atomic E-state index is 10.6. The zero-order valence-electron chi connectivity index (χ0n) is 9.20. The number of hydrogen-bond acceptors (Lipinski definition) is 5. The van der Waals surface area contributed by atoms with Gasteiger partial charge in [0, 0.05) is 6.42 Å². The van der Waals surface area contributed by atoms with Crippen molar-refractivity contribution in [3.8, 4) is 0 Å². The second kappa shape index (κ2) is 4.39. The number of nitrogens with one attached hydrogen (secondary N) is 1. The van der Waals surface area contributed by atoms with Gasteiger partial charge in [0.1, 0.15) is 0 Å². The fourth-order valence-corrected chi connectivity index (χ4v) is 1.04. The van der Waals surface area contributed by atoms with E-state index >= 15 is 0 Å². The van der Waals surface area contributed by atoms with Crippen molar-refractivity contribution in [3.63, 3.8) is 0 Å². The molecule has 3 N–H and O–H groups in total. The maximum Gasteiger partial charge on any atom is 0.231 e. The number of carbonyl (C=O) groups is 1. The van der Waals surface area contributed by atoms with Gasteiger partial charge in [0.15, 0.2) is 5.82 Å². The minimum Gasteiger partial charge on any atom is -0.369 e. The molecule has 1 rings (SSSR count). The predicted octanol–water partition coefficient (Wildman–Crippen LogP) is -0.0580. The SMILES string of the molecule is CCc1nc(C(C)(C)NCC(N)=O)no1. The van der Waals surface area contributed by atoms with E-state index in [9.17, 15) is 4.79 Å². The van der Waals surface area contributed by atoms with Crippen LogP contribution < -0.4 is 11.1 Å². The molecule has 0 bridgehead atoms. The third-order valence-corrected chi connectivity index (χ3v) is 2.03. The quantitative estimate of drug-likeness (QED) is 0.713. The Hall–Kier alpha value is -1.43. The Balaban J connectivity index is 2.71. The first-order valence-electron chi connectivity index (χ1n) is 4.82. The summed E-state index contributed by atoms with van der Waals surface area (Å²) in [6.45, 7) is 5.74. The number of carbonyl (C=O) groups excluding carboxylic acids is 1. The zero-order valence-corrected chi connectivity index (χ0v) is 9.20. The van der Waals surface area contributed by atoms with Gasteiger partial charge in [0.2, 0.25) is 11.8 Å². The third kappa shape index (κ3) is 3.02. The first kappa shape index (κ1) is 11.6. The lowest BCUT2D eigenvalue weighted by molar-refractivity contribution is -0.117. The highest BCUT2D eigenvalue weighted by Gasteiger charge is 2.26. The lowest BCUT2D eigenvalue weighted by atomic mass is 10.1. The summed E-state index contributed by atoms with van der Waals surface area (Å²) in [4.78, 5) is 14.8. The molecule has 0 aliphatic rings.